The Morgan fingerprint density at radius 2 is 1.22 bits per heavy atom. The Hall–Kier alpha value is -5.82. The van der Waals surface area contributed by atoms with E-state index in [4.69, 9.17) is 0 Å². The van der Waals surface area contributed by atoms with E-state index in [9.17, 15) is 29.1 Å². The van der Waals surface area contributed by atoms with Gasteiger partial charge in [-0.15, -0.1) is 11.8 Å². The van der Waals surface area contributed by atoms with Crippen LogP contribution in [0.3, 0.4) is 0 Å². The molecule has 412 valence electrons. The molecule has 0 aromatic heterocycles. The van der Waals surface area contributed by atoms with Crippen molar-refractivity contribution in [3.05, 3.63) is 106 Å². The summed E-state index contributed by atoms with van der Waals surface area (Å²) >= 11 is 1.19. The largest absolute Gasteiger partial charge is 0.395 e. The van der Waals surface area contributed by atoms with E-state index in [2.05, 4.69) is 55.4 Å². The van der Waals surface area contributed by atoms with Gasteiger partial charge in [-0.05, 0) is 131 Å². The van der Waals surface area contributed by atoms with Crippen molar-refractivity contribution in [3.63, 3.8) is 0 Å². The molecule has 2 aliphatic carbocycles. The van der Waals surface area contributed by atoms with Crippen LogP contribution in [0, 0.1) is 5.41 Å². The summed E-state index contributed by atoms with van der Waals surface area (Å²) in [5.74, 6) is -2.93. The zero-order valence-electron chi connectivity index (χ0n) is 45.8. The zero-order chi connectivity index (χ0) is 55.1. The van der Waals surface area contributed by atoms with Crippen molar-refractivity contribution < 1.29 is 38.7 Å². The van der Waals surface area contributed by atoms with E-state index in [1.807, 2.05) is 69.3 Å². The normalized spacial score (nSPS) is 21.8. The van der Waals surface area contributed by atoms with Gasteiger partial charge in [0.15, 0.2) is 0 Å². The van der Waals surface area contributed by atoms with Crippen molar-refractivity contribution in [2.75, 3.05) is 39.5 Å². The monoisotopic (exact) mass is 1060 g/mol. The molecule has 3 aromatic rings. The number of likely N-dealkylation sites (tertiary alicyclic amines) is 1. The zero-order valence-corrected chi connectivity index (χ0v) is 46.7. The molecule has 7 amide bonds. The third-order valence-corrected chi connectivity index (χ3v) is 17.4. The third-order valence-electron chi connectivity index (χ3n) is 16.0. The van der Waals surface area contributed by atoms with Crippen molar-refractivity contribution in [1.82, 2.24) is 47.0 Å². The van der Waals surface area contributed by atoms with Gasteiger partial charge in [0.2, 0.25) is 41.4 Å². The van der Waals surface area contributed by atoms with E-state index >= 15 is 9.59 Å². The fraction of sp³-hybridized carbons (Fsp3) is 0.569. The van der Waals surface area contributed by atoms with Crippen LogP contribution in [0.15, 0.2) is 66.7 Å². The Morgan fingerprint density at radius 1 is 0.684 bits per heavy atom. The highest BCUT2D eigenvalue weighted by Crippen LogP contribution is 2.39. The molecule has 18 heteroatoms. The number of fused-ring (bicyclic) bond motifs is 3. The number of hydrogen-bond acceptors (Lipinski definition) is 11. The number of carbonyl (C=O) groups excluding carboxylic acids is 7. The molecule has 1 saturated heterocycles. The van der Waals surface area contributed by atoms with Crippen LogP contribution in [0.4, 0.5) is 0 Å². The van der Waals surface area contributed by atoms with E-state index in [1.54, 1.807) is 51.6 Å². The summed E-state index contributed by atoms with van der Waals surface area (Å²) in [7, 11) is 3.32. The lowest BCUT2D eigenvalue weighted by Gasteiger charge is -2.42. The van der Waals surface area contributed by atoms with Crippen molar-refractivity contribution in [1.29, 1.82) is 0 Å². The van der Waals surface area contributed by atoms with E-state index in [-0.39, 0.29) is 86.0 Å². The van der Waals surface area contributed by atoms with Gasteiger partial charge >= 0.3 is 0 Å². The van der Waals surface area contributed by atoms with Crippen LogP contribution < -0.4 is 37.2 Å². The minimum absolute atomic E-state index is 0.00911. The quantitative estimate of drug-likeness (QED) is 0.0860. The molecule has 4 aliphatic rings. The molecular weight excluding hydrogens is 983 g/mol. The number of rotatable bonds is 19. The van der Waals surface area contributed by atoms with Crippen LogP contribution >= 0.6 is 11.8 Å². The number of carbonyl (C=O) groups is 7. The molecule has 0 bridgehead atoms. The van der Waals surface area contributed by atoms with Gasteiger partial charge in [0, 0.05) is 36.7 Å². The van der Waals surface area contributed by atoms with Gasteiger partial charge in [-0.25, -0.2) is 0 Å². The van der Waals surface area contributed by atoms with E-state index in [1.165, 1.54) is 22.9 Å². The lowest BCUT2D eigenvalue weighted by Crippen LogP contribution is -2.63. The second kappa shape index (κ2) is 25.1. The maximum Gasteiger partial charge on any atom is 0.247 e. The van der Waals surface area contributed by atoms with Crippen LogP contribution in [0.5, 0.6) is 0 Å². The van der Waals surface area contributed by atoms with Gasteiger partial charge in [-0.3, -0.25) is 33.6 Å². The predicted molar refractivity (Wildman–Crippen MR) is 295 cm³/mol. The summed E-state index contributed by atoms with van der Waals surface area (Å²) in [6, 6.07) is 16.5. The third kappa shape index (κ3) is 13.5. The fourth-order valence-corrected chi connectivity index (χ4v) is 12.1. The second-order valence-electron chi connectivity index (χ2n) is 22.7. The first-order valence-electron chi connectivity index (χ1n) is 27.1. The van der Waals surface area contributed by atoms with Gasteiger partial charge in [0.25, 0.3) is 0 Å². The van der Waals surface area contributed by atoms with Crippen LogP contribution in [0.25, 0.3) is 0 Å². The molecule has 2 heterocycles. The number of nitrogens with zero attached hydrogens (tertiary/aromatic N) is 2. The highest BCUT2D eigenvalue weighted by molar-refractivity contribution is 8.01. The Balaban J connectivity index is 1.24. The van der Waals surface area contributed by atoms with E-state index in [0.29, 0.717) is 6.42 Å². The van der Waals surface area contributed by atoms with Crippen molar-refractivity contribution in [2.45, 2.75) is 165 Å². The van der Waals surface area contributed by atoms with Crippen LogP contribution in [-0.4, -0.2) is 137 Å². The number of benzene rings is 3. The SMILES string of the molecule is CNC(C)C(=O)NC(C(=O)N1CC(c2ccc3c(c2)CN(C(=O)C(NC(=O)C(C)NC)C(C)(C)SCC(=O)NCCO)C(C(=O)NC2CCCc4ccccc42)C3)CC1C(=O)NC1CCCc2ccccc21)C(C)(C)C. The first-order chi connectivity index (χ1) is 36.1. The topological polar surface area (TPSA) is 230 Å². The number of nitrogens with one attached hydrogen (secondary N) is 7. The summed E-state index contributed by atoms with van der Waals surface area (Å²) in [6.45, 7) is 12.7. The molecule has 76 heavy (non-hydrogen) atoms. The first kappa shape index (κ1) is 57.9. The second-order valence-corrected chi connectivity index (χ2v) is 24.3. The van der Waals surface area contributed by atoms with Crippen molar-refractivity contribution >= 4 is 53.1 Å². The molecule has 0 saturated carbocycles. The average Bonchev–Trinajstić information content (AvgIpc) is 3.88. The molecule has 9 atom stereocenters. The maximum atomic E-state index is 15.6. The lowest BCUT2D eigenvalue weighted by atomic mass is 9.85. The summed E-state index contributed by atoms with van der Waals surface area (Å²) in [4.78, 5) is 104. The maximum absolute atomic E-state index is 15.6. The molecule has 8 N–H and O–H groups in total. The van der Waals surface area contributed by atoms with E-state index in [0.717, 1.165) is 66.3 Å². The molecule has 7 rings (SSSR count). The predicted octanol–water partition coefficient (Wildman–Crippen LogP) is 3.86. The van der Waals surface area contributed by atoms with Gasteiger partial charge in [-0.2, -0.15) is 0 Å². The number of aliphatic hydroxyl groups is 1. The fourth-order valence-electron chi connectivity index (χ4n) is 11.1. The molecule has 0 radical (unpaired) electrons. The lowest BCUT2D eigenvalue weighted by molar-refractivity contribution is -0.145. The van der Waals surface area contributed by atoms with Gasteiger partial charge in [-0.1, -0.05) is 87.5 Å². The minimum Gasteiger partial charge on any atom is -0.395 e. The van der Waals surface area contributed by atoms with Crippen molar-refractivity contribution in [3.8, 4) is 0 Å². The first-order valence-corrected chi connectivity index (χ1v) is 28.1. The molecule has 1 fully saturated rings. The Kier molecular flexibility index (Phi) is 19.1. The van der Waals surface area contributed by atoms with Crippen LogP contribution in [0.1, 0.15) is 138 Å². The minimum atomic E-state index is -1.20. The average molecular weight is 1060 g/mol. The molecular formula is C58H81N9O8S. The van der Waals surface area contributed by atoms with Gasteiger partial charge < -0.3 is 52.1 Å². The van der Waals surface area contributed by atoms with Crippen LogP contribution in [-0.2, 0) is 59.4 Å². The summed E-state index contributed by atoms with van der Waals surface area (Å²) in [5, 5.41) is 30.5. The highest BCUT2D eigenvalue weighted by Gasteiger charge is 2.48. The Labute approximate surface area is 453 Å². The Morgan fingerprint density at radius 3 is 1.78 bits per heavy atom. The number of hydrogen-bond donors (Lipinski definition) is 8. The van der Waals surface area contributed by atoms with Gasteiger partial charge in [0.05, 0.1) is 36.5 Å². The van der Waals surface area contributed by atoms with Crippen molar-refractivity contribution in [2.24, 2.45) is 5.41 Å². The highest BCUT2D eigenvalue weighted by atomic mass is 32.2. The standard InChI is InChI=1S/C58H81N9O8S/c1-34(59-8)51(70)64-49(57(3,4)5)55(74)66-32-41(30-47(66)54(73)63-45-23-15-19-37-17-11-13-21-43(37)45)38-24-25-39-29-46(53(72)62-44-22-14-18-36-16-10-12-20-42(36)44)67(31-40(39)28-38)56(75)50(65-52(71)35(2)60-9)58(6,7)76-33-48(69)61-26-27-68/h10-13,16-17,20-21,24-25,28,34-35,41,44-47,49-50,59-60,68H,14-15,18-19,22-23,26-27,29-33H2,1-9H3,(H,61,69)(H,62,72)(H,63,73)(H,64,70)(H,65,71). The van der Waals surface area contributed by atoms with E-state index < -0.39 is 58.2 Å². The number of thioether (sulfide) groups is 1. The summed E-state index contributed by atoms with van der Waals surface area (Å²) < 4.78 is -1.08. The number of aryl methyl sites for hydroxylation is 2. The molecule has 3 aromatic carbocycles. The Bertz CT molecular complexity index is 2620. The molecule has 2 aliphatic heterocycles. The number of aliphatic hydroxyl groups excluding tert-OH is 1. The summed E-state index contributed by atoms with van der Waals surface area (Å²) in [6.07, 6.45) is 5.59. The molecule has 17 nitrogen and oxygen atoms in total. The smallest absolute Gasteiger partial charge is 0.247 e. The van der Waals surface area contributed by atoms with Crippen LogP contribution in [0.2, 0.25) is 0 Å². The molecule has 9 unspecified atom stereocenters. The number of amides is 7. The number of likely N-dealkylation sites (N-methyl/N-ethyl adjacent to an activating group) is 2. The molecule has 0 spiro atoms. The van der Waals surface area contributed by atoms with Gasteiger partial charge in [0.1, 0.15) is 24.2 Å². The summed E-state index contributed by atoms with van der Waals surface area (Å²) in [5.41, 5.74) is 6.26.